The van der Waals surface area contributed by atoms with Crippen LogP contribution in [0.15, 0.2) is 35.2 Å². The lowest BCUT2D eigenvalue weighted by atomic mass is 10.1. The van der Waals surface area contributed by atoms with Gasteiger partial charge < -0.3 is 14.2 Å². The van der Waals surface area contributed by atoms with E-state index in [9.17, 15) is 13.6 Å². The summed E-state index contributed by atoms with van der Waals surface area (Å²) in [5.41, 5.74) is -0.259. The lowest BCUT2D eigenvalue weighted by molar-refractivity contribution is -0.135. The molecule has 1 fully saturated rings. The summed E-state index contributed by atoms with van der Waals surface area (Å²) in [5, 5.41) is 3.71. The normalized spacial score (nSPS) is 18.5. The van der Waals surface area contributed by atoms with Gasteiger partial charge in [0.25, 0.3) is 0 Å². The van der Waals surface area contributed by atoms with Crippen molar-refractivity contribution in [2.45, 2.75) is 6.04 Å². The predicted molar refractivity (Wildman–Crippen MR) is 75.0 cm³/mol. The zero-order valence-electron chi connectivity index (χ0n) is 12.0. The second-order valence-electron chi connectivity index (χ2n) is 4.88. The molecule has 1 aromatic heterocycles. The van der Waals surface area contributed by atoms with Crippen molar-refractivity contribution in [1.29, 1.82) is 0 Å². The van der Waals surface area contributed by atoms with Gasteiger partial charge in [0.15, 0.2) is 5.82 Å². The topological polar surface area (TPSA) is 68.5 Å². The van der Waals surface area contributed by atoms with E-state index in [-0.39, 0.29) is 12.2 Å². The molecular weight excluding hydrogens is 308 g/mol. The molecule has 6 nitrogen and oxygen atoms in total. The highest BCUT2D eigenvalue weighted by atomic mass is 19.1. The van der Waals surface area contributed by atoms with E-state index in [0.29, 0.717) is 19.0 Å². The van der Waals surface area contributed by atoms with E-state index in [1.54, 1.807) is 0 Å². The second-order valence-corrected chi connectivity index (χ2v) is 4.88. The zero-order valence-corrected chi connectivity index (χ0v) is 12.0. The first-order valence-electron chi connectivity index (χ1n) is 6.93. The van der Waals surface area contributed by atoms with Gasteiger partial charge >= 0.3 is 0 Å². The van der Waals surface area contributed by atoms with Crippen LogP contribution in [0.2, 0.25) is 0 Å². The molecule has 0 aliphatic carbocycles. The van der Waals surface area contributed by atoms with Crippen LogP contribution in [0.3, 0.4) is 0 Å². The van der Waals surface area contributed by atoms with E-state index in [4.69, 9.17) is 4.74 Å². The van der Waals surface area contributed by atoms with Crippen molar-refractivity contribution in [2.75, 3.05) is 19.8 Å². The number of aromatic nitrogens is 2. The monoisotopic (exact) mass is 321 g/mol. The Hall–Kier alpha value is -2.61. The van der Waals surface area contributed by atoms with Gasteiger partial charge in [0.05, 0.1) is 13.2 Å². The Bertz CT molecular complexity index is 699. The van der Waals surface area contributed by atoms with Gasteiger partial charge in [-0.05, 0) is 18.2 Å². The molecule has 1 saturated heterocycles. The summed E-state index contributed by atoms with van der Waals surface area (Å²) in [6.45, 7) is 0.914. The molecule has 0 N–H and O–H groups in total. The molecule has 8 heteroatoms. The predicted octanol–water partition coefficient (Wildman–Crippen LogP) is 1.96. The van der Waals surface area contributed by atoms with Crippen molar-refractivity contribution < 1.29 is 22.8 Å². The number of hydrogen-bond acceptors (Lipinski definition) is 5. The van der Waals surface area contributed by atoms with E-state index < -0.39 is 23.6 Å². The van der Waals surface area contributed by atoms with E-state index in [0.717, 1.165) is 30.7 Å². The standard InChI is InChI=1S/C15H13F2N3O3/c16-11-2-1-3-12(17)10(11)4-5-14(21)20-6-7-22-8-13(20)15-18-9-23-19-15/h1-5,9,13H,6-8H2. The molecule has 1 amide bonds. The number of hydrogen-bond donors (Lipinski definition) is 0. The molecule has 0 saturated carbocycles. The van der Waals surface area contributed by atoms with Crippen LogP contribution in [0.1, 0.15) is 17.4 Å². The highest BCUT2D eigenvalue weighted by Gasteiger charge is 2.30. The third kappa shape index (κ3) is 3.26. The maximum absolute atomic E-state index is 13.6. The van der Waals surface area contributed by atoms with E-state index in [1.807, 2.05) is 0 Å². The van der Waals surface area contributed by atoms with Gasteiger partial charge in [-0.3, -0.25) is 4.79 Å². The number of rotatable bonds is 3. The van der Waals surface area contributed by atoms with Gasteiger partial charge in [0.1, 0.15) is 17.7 Å². The van der Waals surface area contributed by atoms with E-state index in [1.165, 1.54) is 11.0 Å². The highest BCUT2D eigenvalue weighted by Crippen LogP contribution is 2.22. The van der Waals surface area contributed by atoms with Crippen molar-refractivity contribution in [2.24, 2.45) is 0 Å². The van der Waals surface area contributed by atoms with E-state index in [2.05, 4.69) is 14.7 Å². The van der Waals surface area contributed by atoms with Gasteiger partial charge in [0, 0.05) is 18.2 Å². The zero-order chi connectivity index (χ0) is 16.2. The Kier molecular flexibility index (Phi) is 4.42. The molecule has 3 rings (SSSR count). The van der Waals surface area contributed by atoms with Crippen LogP contribution in [-0.2, 0) is 9.53 Å². The Morgan fingerprint density at radius 2 is 2.13 bits per heavy atom. The molecule has 1 aliphatic rings. The van der Waals surface area contributed by atoms with Crippen LogP contribution in [-0.4, -0.2) is 40.7 Å². The largest absolute Gasteiger partial charge is 0.377 e. The summed E-state index contributed by atoms with van der Waals surface area (Å²) in [6.07, 6.45) is 3.41. The first-order valence-corrected chi connectivity index (χ1v) is 6.93. The number of benzene rings is 1. The summed E-state index contributed by atoms with van der Waals surface area (Å²) >= 11 is 0. The van der Waals surface area contributed by atoms with Crippen LogP contribution < -0.4 is 0 Å². The lowest BCUT2D eigenvalue weighted by Gasteiger charge is -2.32. The van der Waals surface area contributed by atoms with Crippen molar-refractivity contribution in [3.05, 3.63) is 53.7 Å². The summed E-state index contributed by atoms with van der Waals surface area (Å²) in [5.74, 6) is -1.55. The van der Waals surface area contributed by atoms with Crippen molar-refractivity contribution in [1.82, 2.24) is 15.0 Å². The van der Waals surface area contributed by atoms with Crippen LogP contribution >= 0.6 is 0 Å². The first kappa shape index (κ1) is 15.3. The summed E-state index contributed by atoms with van der Waals surface area (Å²) < 4.78 is 37.2. The summed E-state index contributed by atoms with van der Waals surface area (Å²) in [6, 6.07) is 3.02. The molecule has 2 aromatic rings. The quantitative estimate of drug-likeness (QED) is 0.809. The fourth-order valence-corrected chi connectivity index (χ4v) is 2.33. The van der Waals surface area contributed by atoms with E-state index >= 15 is 0 Å². The third-order valence-electron chi connectivity index (χ3n) is 3.48. The molecule has 0 bridgehead atoms. The Balaban J connectivity index is 1.80. The maximum atomic E-state index is 13.6. The van der Waals surface area contributed by atoms with Crippen LogP contribution in [0.25, 0.3) is 6.08 Å². The SMILES string of the molecule is O=C(C=Cc1c(F)cccc1F)N1CCOCC1c1ncon1. The Morgan fingerprint density at radius 1 is 1.35 bits per heavy atom. The lowest BCUT2D eigenvalue weighted by Crippen LogP contribution is -2.43. The number of amides is 1. The van der Waals surface area contributed by atoms with Gasteiger partial charge in [-0.1, -0.05) is 11.2 Å². The van der Waals surface area contributed by atoms with Crippen LogP contribution in [0.4, 0.5) is 8.78 Å². The number of ether oxygens (including phenoxy) is 1. The molecule has 1 atom stereocenters. The molecular formula is C15H13F2N3O3. The molecule has 120 valence electrons. The Labute approximate surface area is 130 Å². The second kappa shape index (κ2) is 6.66. The van der Waals surface area contributed by atoms with Crippen LogP contribution in [0, 0.1) is 11.6 Å². The van der Waals surface area contributed by atoms with Gasteiger partial charge in [0.2, 0.25) is 12.3 Å². The van der Waals surface area contributed by atoms with Crippen molar-refractivity contribution in [3.63, 3.8) is 0 Å². The fraction of sp³-hybridized carbons (Fsp3) is 0.267. The smallest absolute Gasteiger partial charge is 0.247 e. The average Bonchev–Trinajstić information content (AvgIpc) is 3.08. The third-order valence-corrected chi connectivity index (χ3v) is 3.48. The molecule has 23 heavy (non-hydrogen) atoms. The molecule has 2 heterocycles. The molecule has 1 unspecified atom stereocenters. The minimum Gasteiger partial charge on any atom is -0.377 e. The number of halogens is 2. The van der Waals surface area contributed by atoms with Gasteiger partial charge in [-0.2, -0.15) is 4.98 Å². The summed E-state index contributed by atoms with van der Waals surface area (Å²) in [7, 11) is 0. The van der Waals surface area contributed by atoms with Crippen molar-refractivity contribution >= 4 is 12.0 Å². The maximum Gasteiger partial charge on any atom is 0.247 e. The number of nitrogens with zero attached hydrogens (tertiary/aromatic N) is 3. The molecule has 1 aliphatic heterocycles. The summed E-state index contributed by atoms with van der Waals surface area (Å²) in [4.78, 5) is 17.8. The number of carbonyl (C=O) groups is 1. The minimum atomic E-state index is -0.731. The molecule has 0 spiro atoms. The highest BCUT2D eigenvalue weighted by molar-refractivity contribution is 5.92. The average molecular weight is 321 g/mol. The fourth-order valence-electron chi connectivity index (χ4n) is 2.33. The number of carbonyl (C=O) groups excluding carboxylic acids is 1. The minimum absolute atomic E-state index is 0.229. The van der Waals surface area contributed by atoms with Gasteiger partial charge in [-0.25, -0.2) is 8.78 Å². The first-order chi connectivity index (χ1) is 11.2. The Morgan fingerprint density at radius 3 is 2.83 bits per heavy atom. The van der Waals surface area contributed by atoms with Gasteiger partial charge in [-0.15, -0.1) is 0 Å². The van der Waals surface area contributed by atoms with Crippen LogP contribution in [0.5, 0.6) is 0 Å². The number of morpholine rings is 1. The molecule has 0 radical (unpaired) electrons. The van der Waals surface area contributed by atoms with Crippen molar-refractivity contribution in [3.8, 4) is 0 Å². The molecule has 1 aromatic carbocycles.